The highest BCUT2D eigenvalue weighted by Crippen LogP contribution is 2.58. The maximum Gasteiger partial charge on any atom is 0.189 e. The minimum atomic E-state index is -0.857. The Kier molecular flexibility index (Phi) is 4.87. The molecule has 5 N–H and O–H groups in total. The number of aliphatic hydroxyl groups is 2. The van der Waals surface area contributed by atoms with Crippen LogP contribution < -0.4 is 11.1 Å². The van der Waals surface area contributed by atoms with E-state index in [1.165, 1.54) is 0 Å². The van der Waals surface area contributed by atoms with Gasteiger partial charge in [-0.15, -0.1) is 5.92 Å². The van der Waals surface area contributed by atoms with E-state index >= 15 is 0 Å². The van der Waals surface area contributed by atoms with E-state index in [2.05, 4.69) is 35.7 Å². The minimum Gasteiger partial charge on any atom is -0.390 e. The highest BCUT2D eigenvalue weighted by atomic mass is 16.3. The largest absolute Gasteiger partial charge is 0.390 e. The average molecular weight is 360 g/mol. The Balaban J connectivity index is 2.05. The summed E-state index contributed by atoms with van der Waals surface area (Å²) < 4.78 is 0. The van der Waals surface area contributed by atoms with Crippen molar-refractivity contribution < 1.29 is 10.2 Å². The van der Waals surface area contributed by atoms with E-state index < -0.39 is 11.2 Å². The molecule has 3 aliphatic carbocycles. The third-order valence-electron chi connectivity index (χ3n) is 7.31. The number of hydrogen-bond donors (Lipinski definition) is 4. The van der Waals surface area contributed by atoms with Gasteiger partial charge in [0.1, 0.15) is 0 Å². The molecule has 6 atom stereocenters. The summed E-state index contributed by atoms with van der Waals surface area (Å²) in [6.45, 7) is 8.28. The highest BCUT2D eigenvalue weighted by molar-refractivity contribution is 5.78. The van der Waals surface area contributed by atoms with Crippen LogP contribution in [-0.4, -0.2) is 40.5 Å². The number of guanidine groups is 1. The van der Waals surface area contributed by atoms with Crippen LogP contribution in [0, 0.1) is 29.1 Å². The molecule has 0 spiro atoms. The number of hydrogen-bond acceptors (Lipinski definition) is 3. The van der Waals surface area contributed by atoms with Gasteiger partial charge in [-0.2, -0.15) is 0 Å². The predicted octanol–water partition coefficient (Wildman–Crippen LogP) is 1.94. The Labute approximate surface area is 157 Å². The molecule has 0 aromatic carbocycles. The summed E-state index contributed by atoms with van der Waals surface area (Å²) in [6, 6.07) is -0.241. The Morgan fingerprint density at radius 1 is 1.23 bits per heavy atom. The molecular weight excluding hydrogens is 326 g/mol. The second-order valence-corrected chi connectivity index (χ2v) is 8.98. The number of nitrogens with zero attached hydrogens (tertiary/aromatic N) is 1. The molecule has 0 radical (unpaired) electrons. The van der Waals surface area contributed by atoms with Crippen LogP contribution in [0.4, 0.5) is 0 Å². The van der Waals surface area contributed by atoms with E-state index in [0.717, 1.165) is 31.3 Å². The van der Waals surface area contributed by atoms with Crippen LogP contribution in [0.2, 0.25) is 0 Å². The zero-order valence-electron chi connectivity index (χ0n) is 16.3. The topological polar surface area (TPSA) is 90.9 Å². The van der Waals surface area contributed by atoms with Gasteiger partial charge in [0.05, 0.1) is 17.2 Å². The molecule has 5 nitrogen and oxygen atoms in total. The summed E-state index contributed by atoms with van der Waals surface area (Å²) in [5.74, 6) is 7.09. The normalized spacial score (nSPS) is 45.4. The molecule has 0 amide bonds. The van der Waals surface area contributed by atoms with E-state index in [0.29, 0.717) is 25.2 Å². The van der Waals surface area contributed by atoms with E-state index in [1.54, 1.807) is 7.05 Å². The van der Waals surface area contributed by atoms with Gasteiger partial charge < -0.3 is 21.3 Å². The molecule has 0 unspecified atom stereocenters. The van der Waals surface area contributed by atoms with Crippen molar-refractivity contribution >= 4 is 5.96 Å². The third-order valence-corrected chi connectivity index (χ3v) is 7.31. The third kappa shape index (κ3) is 3.25. The zero-order chi connectivity index (χ0) is 19.2. The van der Waals surface area contributed by atoms with Crippen molar-refractivity contribution in [3.05, 3.63) is 12.2 Å². The van der Waals surface area contributed by atoms with Gasteiger partial charge in [-0.25, -0.2) is 0 Å². The monoisotopic (exact) mass is 359 g/mol. The standard InChI is InChI=1S/C21H33N3O2/c1-14(2)20-8-5-6-15(24-18(22)23-4)12-21(26)9-7-16(17(21)13-20)19(3,25)10-11-20/h15-17,25-26H,1,7-13H2,2-4H3,(H3,22,23,24)/t15-,16+,17+,19-,20+,21-/m1/s1. The van der Waals surface area contributed by atoms with Gasteiger partial charge in [0.2, 0.25) is 0 Å². The van der Waals surface area contributed by atoms with Crippen molar-refractivity contribution in [1.29, 1.82) is 0 Å². The number of allylic oxidation sites excluding steroid dienone is 1. The predicted molar refractivity (Wildman–Crippen MR) is 104 cm³/mol. The summed E-state index contributed by atoms with van der Waals surface area (Å²) in [7, 11) is 1.63. The van der Waals surface area contributed by atoms with Crippen molar-refractivity contribution in [3.63, 3.8) is 0 Å². The number of rotatable bonds is 2. The molecule has 0 heterocycles. The summed E-state index contributed by atoms with van der Waals surface area (Å²) in [5.41, 5.74) is 5.21. The van der Waals surface area contributed by atoms with Crippen LogP contribution in [0.1, 0.15) is 58.8 Å². The number of aliphatic imine (C=N–C) groups is 1. The van der Waals surface area contributed by atoms with E-state index in [1.807, 2.05) is 6.92 Å². The van der Waals surface area contributed by atoms with E-state index in [-0.39, 0.29) is 23.3 Å². The van der Waals surface area contributed by atoms with Crippen LogP contribution >= 0.6 is 0 Å². The van der Waals surface area contributed by atoms with Crippen molar-refractivity contribution in [2.24, 2.45) is 28.0 Å². The smallest absolute Gasteiger partial charge is 0.189 e. The van der Waals surface area contributed by atoms with Crippen LogP contribution in [0.3, 0.4) is 0 Å². The first-order valence-electron chi connectivity index (χ1n) is 9.70. The maximum absolute atomic E-state index is 11.6. The van der Waals surface area contributed by atoms with Crippen LogP contribution in [0.25, 0.3) is 0 Å². The second-order valence-electron chi connectivity index (χ2n) is 8.98. The molecule has 2 fully saturated rings. The summed E-state index contributed by atoms with van der Waals surface area (Å²) in [6.07, 6.45) is 5.18. The molecule has 0 saturated heterocycles. The Bertz CT molecular complexity index is 674. The Morgan fingerprint density at radius 2 is 1.96 bits per heavy atom. The quantitative estimate of drug-likeness (QED) is 0.262. The van der Waals surface area contributed by atoms with Gasteiger partial charge in [-0.1, -0.05) is 18.1 Å². The molecule has 0 aliphatic heterocycles. The number of fused-ring (bicyclic) bond motifs is 1. The molecule has 0 aromatic heterocycles. The fraction of sp³-hybridized carbons (Fsp3) is 0.762. The summed E-state index contributed by atoms with van der Waals surface area (Å²) in [4.78, 5) is 3.97. The van der Waals surface area contributed by atoms with E-state index in [9.17, 15) is 10.2 Å². The van der Waals surface area contributed by atoms with Crippen molar-refractivity contribution in [3.8, 4) is 11.8 Å². The first-order valence-corrected chi connectivity index (χ1v) is 9.70. The lowest BCUT2D eigenvalue weighted by molar-refractivity contribution is -0.0676. The van der Waals surface area contributed by atoms with Gasteiger partial charge in [-0.05, 0) is 57.8 Å². The Morgan fingerprint density at radius 3 is 2.62 bits per heavy atom. The van der Waals surface area contributed by atoms with Crippen LogP contribution in [0.15, 0.2) is 17.1 Å². The molecule has 5 heteroatoms. The van der Waals surface area contributed by atoms with Crippen LogP contribution in [0.5, 0.6) is 0 Å². The first-order chi connectivity index (χ1) is 12.1. The Hall–Kier alpha value is -1.51. The van der Waals surface area contributed by atoms with Gasteiger partial charge >= 0.3 is 0 Å². The number of nitrogens with one attached hydrogen (secondary N) is 1. The molecule has 2 bridgehead atoms. The molecule has 0 aromatic rings. The minimum absolute atomic E-state index is 0.0301. The van der Waals surface area contributed by atoms with Gasteiger partial charge in [0.15, 0.2) is 5.96 Å². The lowest BCUT2D eigenvalue weighted by atomic mass is 9.67. The van der Waals surface area contributed by atoms with Gasteiger partial charge in [0.25, 0.3) is 0 Å². The second kappa shape index (κ2) is 6.58. The molecule has 3 rings (SSSR count). The average Bonchev–Trinajstić information content (AvgIpc) is 2.84. The maximum atomic E-state index is 11.6. The molecule has 144 valence electrons. The van der Waals surface area contributed by atoms with Gasteiger partial charge in [0, 0.05) is 25.3 Å². The van der Waals surface area contributed by atoms with Crippen LogP contribution in [-0.2, 0) is 0 Å². The van der Waals surface area contributed by atoms with E-state index in [4.69, 9.17) is 5.73 Å². The number of nitrogens with two attached hydrogens (primary N) is 1. The fourth-order valence-corrected chi connectivity index (χ4v) is 5.47. The lowest BCUT2D eigenvalue weighted by Crippen LogP contribution is -2.48. The van der Waals surface area contributed by atoms with Gasteiger partial charge in [-0.3, -0.25) is 4.99 Å². The molecule has 3 aliphatic rings. The van der Waals surface area contributed by atoms with Crippen molar-refractivity contribution in [2.75, 3.05) is 7.05 Å². The molecule has 26 heavy (non-hydrogen) atoms. The van der Waals surface area contributed by atoms with Crippen molar-refractivity contribution in [2.45, 2.75) is 76.0 Å². The SMILES string of the molecule is C=C(C)[C@]12CC#C[C@@H](NC(N)=NC)C[C@]3(O)CC[C@@H]([C@@H]3C1)[C@](C)(O)CC2. The zero-order valence-corrected chi connectivity index (χ0v) is 16.3. The van der Waals surface area contributed by atoms with Crippen molar-refractivity contribution in [1.82, 2.24) is 5.32 Å². The first kappa shape index (κ1) is 19.3. The molecular formula is C21H33N3O2. The molecule has 2 saturated carbocycles. The summed E-state index contributed by atoms with van der Waals surface area (Å²) in [5, 5.41) is 26.0. The lowest BCUT2D eigenvalue weighted by Gasteiger charge is -2.40. The highest BCUT2D eigenvalue weighted by Gasteiger charge is 2.58. The summed E-state index contributed by atoms with van der Waals surface area (Å²) >= 11 is 0. The fourth-order valence-electron chi connectivity index (χ4n) is 5.47.